The summed E-state index contributed by atoms with van der Waals surface area (Å²) < 4.78 is 38.7. The number of nitrogens with zero attached hydrogens (tertiary/aromatic N) is 1. The molecule has 0 aliphatic carbocycles. The highest BCUT2D eigenvalue weighted by atomic mass is 32.2. The lowest BCUT2D eigenvalue weighted by molar-refractivity contribution is 0.259. The number of aliphatic hydroxyl groups excluding tert-OH is 1. The van der Waals surface area contributed by atoms with Gasteiger partial charge in [-0.25, -0.2) is 12.8 Å². The highest BCUT2D eigenvalue weighted by molar-refractivity contribution is 7.89. The highest BCUT2D eigenvalue weighted by Gasteiger charge is 2.32. The minimum atomic E-state index is -3.52. The van der Waals surface area contributed by atoms with Gasteiger partial charge in [0.05, 0.1) is 4.90 Å². The van der Waals surface area contributed by atoms with Crippen LogP contribution >= 0.6 is 0 Å². The van der Waals surface area contributed by atoms with Gasteiger partial charge in [0, 0.05) is 19.7 Å². The van der Waals surface area contributed by atoms with Crippen LogP contribution in [0, 0.1) is 11.7 Å². The van der Waals surface area contributed by atoms with E-state index in [0.29, 0.717) is 19.5 Å². The van der Waals surface area contributed by atoms with Gasteiger partial charge in [-0.05, 0) is 43.0 Å². The minimum Gasteiger partial charge on any atom is -0.396 e. The molecule has 1 heterocycles. The smallest absolute Gasteiger partial charge is 0.243 e. The van der Waals surface area contributed by atoms with E-state index in [2.05, 4.69) is 0 Å². The predicted molar refractivity (Wildman–Crippen MR) is 65.0 cm³/mol. The van der Waals surface area contributed by atoms with Crippen molar-refractivity contribution in [1.29, 1.82) is 0 Å². The van der Waals surface area contributed by atoms with Gasteiger partial charge < -0.3 is 5.11 Å². The number of sulfonamides is 1. The first-order chi connectivity index (χ1) is 8.54. The summed E-state index contributed by atoms with van der Waals surface area (Å²) in [5.41, 5.74) is 0. The van der Waals surface area contributed by atoms with Gasteiger partial charge in [-0.1, -0.05) is 0 Å². The zero-order valence-electron chi connectivity index (χ0n) is 9.92. The quantitative estimate of drug-likeness (QED) is 0.897. The number of hydrogen-bond acceptors (Lipinski definition) is 3. The molecule has 0 bridgehead atoms. The van der Waals surface area contributed by atoms with Crippen molar-refractivity contribution < 1.29 is 17.9 Å². The third kappa shape index (κ3) is 2.71. The third-order valence-corrected chi connectivity index (χ3v) is 5.12. The zero-order valence-corrected chi connectivity index (χ0v) is 10.7. The summed E-state index contributed by atoms with van der Waals surface area (Å²) in [6, 6.07) is 4.86. The van der Waals surface area contributed by atoms with Crippen molar-refractivity contribution in [2.45, 2.75) is 17.7 Å². The number of rotatable bonds is 4. The molecule has 0 spiro atoms. The zero-order chi connectivity index (χ0) is 13.2. The lowest BCUT2D eigenvalue weighted by atomic mass is 10.1. The molecule has 6 heteroatoms. The number of halogens is 1. The van der Waals surface area contributed by atoms with Gasteiger partial charge in [0.25, 0.3) is 0 Å². The van der Waals surface area contributed by atoms with Crippen LogP contribution in [0.4, 0.5) is 4.39 Å². The Morgan fingerprint density at radius 3 is 2.61 bits per heavy atom. The molecule has 1 aliphatic heterocycles. The Hall–Kier alpha value is -0.980. The van der Waals surface area contributed by atoms with Crippen molar-refractivity contribution in [3.05, 3.63) is 30.1 Å². The molecule has 1 aliphatic rings. The van der Waals surface area contributed by atoms with E-state index in [1.165, 1.54) is 16.4 Å². The average molecular weight is 273 g/mol. The Morgan fingerprint density at radius 1 is 1.33 bits per heavy atom. The van der Waals surface area contributed by atoms with Crippen LogP contribution in [-0.2, 0) is 10.0 Å². The Kier molecular flexibility index (Phi) is 3.99. The molecule has 2 rings (SSSR count). The molecule has 100 valence electrons. The van der Waals surface area contributed by atoms with Gasteiger partial charge in [-0.15, -0.1) is 0 Å². The van der Waals surface area contributed by atoms with Crippen LogP contribution in [0.2, 0.25) is 0 Å². The molecule has 1 N–H and O–H groups in total. The maximum Gasteiger partial charge on any atom is 0.243 e. The Morgan fingerprint density at radius 2 is 2.00 bits per heavy atom. The van der Waals surface area contributed by atoms with Crippen molar-refractivity contribution in [2.75, 3.05) is 19.7 Å². The second-order valence-electron chi connectivity index (χ2n) is 4.48. The molecule has 18 heavy (non-hydrogen) atoms. The first-order valence-corrected chi connectivity index (χ1v) is 7.34. The Labute approximate surface area is 106 Å². The number of aliphatic hydroxyl groups is 1. The average Bonchev–Trinajstić information content (AvgIpc) is 2.79. The van der Waals surface area contributed by atoms with Gasteiger partial charge >= 0.3 is 0 Å². The molecule has 0 saturated carbocycles. The SMILES string of the molecule is O=S(=O)(c1ccc(F)cc1)N1CCC(CCO)C1. The highest BCUT2D eigenvalue weighted by Crippen LogP contribution is 2.25. The second kappa shape index (κ2) is 5.34. The summed E-state index contributed by atoms with van der Waals surface area (Å²) in [6.07, 6.45) is 1.39. The van der Waals surface area contributed by atoms with Crippen molar-refractivity contribution in [2.24, 2.45) is 5.92 Å². The van der Waals surface area contributed by atoms with Gasteiger partial charge in [-0.3, -0.25) is 0 Å². The molecule has 1 saturated heterocycles. The molecular formula is C12H16FNO3S. The fraction of sp³-hybridized carbons (Fsp3) is 0.500. The van der Waals surface area contributed by atoms with Gasteiger partial charge in [0.15, 0.2) is 0 Å². The number of benzene rings is 1. The van der Waals surface area contributed by atoms with Crippen LogP contribution in [0.5, 0.6) is 0 Å². The topological polar surface area (TPSA) is 57.6 Å². The second-order valence-corrected chi connectivity index (χ2v) is 6.42. The van der Waals surface area contributed by atoms with Gasteiger partial charge in [0.1, 0.15) is 5.82 Å². The Balaban J connectivity index is 2.15. The van der Waals surface area contributed by atoms with Crippen LogP contribution < -0.4 is 0 Å². The van der Waals surface area contributed by atoms with Crippen LogP contribution in [0.3, 0.4) is 0 Å². The third-order valence-electron chi connectivity index (χ3n) is 3.24. The van der Waals surface area contributed by atoms with E-state index in [9.17, 15) is 12.8 Å². The molecule has 1 unspecified atom stereocenters. The van der Waals surface area contributed by atoms with Crippen LogP contribution in [-0.4, -0.2) is 37.5 Å². The maximum absolute atomic E-state index is 12.8. The summed E-state index contributed by atoms with van der Waals surface area (Å²) in [5.74, 6) is -0.237. The van der Waals surface area contributed by atoms with Crippen LogP contribution in [0.25, 0.3) is 0 Å². The van der Waals surface area contributed by atoms with E-state index in [1.807, 2.05) is 0 Å². The molecule has 0 radical (unpaired) electrons. The molecular weight excluding hydrogens is 257 g/mol. The Bertz CT molecular complexity index is 501. The molecule has 1 fully saturated rings. The van der Waals surface area contributed by atoms with Gasteiger partial charge in [-0.2, -0.15) is 4.31 Å². The van der Waals surface area contributed by atoms with Crippen LogP contribution in [0.1, 0.15) is 12.8 Å². The van der Waals surface area contributed by atoms with Gasteiger partial charge in [0.2, 0.25) is 10.0 Å². The summed E-state index contributed by atoms with van der Waals surface area (Å²) in [4.78, 5) is 0.119. The predicted octanol–water partition coefficient (Wildman–Crippen LogP) is 1.22. The standard InChI is InChI=1S/C12H16FNO3S/c13-11-1-3-12(4-2-11)18(16,17)14-7-5-10(9-14)6-8-15/h1-4,10,15H,5-9H2. The van der Waals surface area contributed by atoms with E-state index in [0.717, 1.165) is 18.6 Å². The summed E-state index contributed by atoms with van der Waals surface area (Å²) in [5, 5.41) is 8.85. The van der Waals surface area contributed by atoms with E-state index in [-0.39, 0.29) is 17.4 Å². The fourth-order valence-electron chi connectivity index (χ4n) is 2.19. The molecule has 0 amide bonds. The normalized spacial score (nSPS) is 21.3. The molecule has 1 atom stereocenters. The molecule has 1 aromatic carbocycles. The molecule has 0 aromatic heterocycles. The van der Waals surface area contributed by atoms with Crippen molar-refractivity contribution in [3.8, 4) is 0 Å². The lowest BCUT2D eigenvalue weighted by Gasteiger charge is -2.16. The monoisotopic (exact) mass is 273 g/mol. The first kappa shape index (κ1) is 13.5. The van der Waals surface area contributed by atoms with Crippen LogP contribution in [0.15, 0.2) is 29.2 Å². The van der Waals surface area contributed by atoms with E-state index < -0.39 is 15.8 Å². The fourth-order valence-corrected chi connectivity index (χ4v) is 3.72. The number of hydrogen-bond donors (Lipinski definition) is 1. The largest absolute Gasteiger partial charge is 0.396 e. The molecule has 1 aromatic rings. The van der Waals surface area contributed by atoms with Crippen molar-refractivity contribution in [3.63, 3.8) is 0 Å². The van der Waals surface area contributed by atoms with Crippen molar-refractivity contribution >= 4 is 10.0 Å². The first-order valence-electron chi connectivity index (χ1n) is 5.90. The van der Waals surface area contributed by atoms with E-state index in [4.69, 9.17) is 5.11 Å². The molecule has 4 nitrogen and oxygen atoms in total. The lowest BCUT2D eigenvalue weighted by Crippen LogP contribution is -2.29. The summed E-state index contributed by atoms with van der Waals surface area (Å²) in [6.45, 7) is 0.972. The van der Waals surface area contributed by atoms with E-state index >= 15 is 0 Å². The summed E-state index contributed by atoms with van der Waals surface area (Å²) >= 11 is 0. The maximum atomic E-state index is 12.8. The van der Waals surface area contributed by atoms with Crippen molar-refractivity contribution in [1.82, 2.24) is 4.31 Å². The minimum absolute atomic E-state index is 0.0785. The summed E-state index contributed by atoms with van der Waals surface area (Å²) in [7, 11) is -3.52. The van der Waals surface area contributed by atoms with E-state index in [1.54, 1.807) is 0 Å².